The summed E-state index contributed by atoms with van der Waals surface area (Å²) in [5.74, 6) is 0.700. The lowest BCUT2D eigenvalue weighted by molar-refractivity contribution is -0.137. The quantitative estimate of drug-likeness (QED) is 0.351. The standard InChI is InChI=1S/C21H25ClN2O2/c1-3-5-13-20-23-15-18(11-7-9-14-21(25)26-4-2)24(20)16-17-10-6-8-12-19(17)22/h6-12,14-15H,3-5,13,16H2,1-2H3/b11-7+,14-9+. The monoisotopic (exact) mass is 372 g/mol. The van der Waals surface area contributed by atoms with E-state index in [2.05, 4.69) is 16.5 Å². The fourth-order valence-electron chi connectivity index (χ4n) is 2.55. The van der Waals surface area contributed by atoms with Crippen LogP contribution in [0.3, 0.4) is 0 Å². The first kappa shape index (κ1) is 20.0. The average molecular weight is 373 g/mol. The number of carbonyl (C=O) groups is 1. The van der Waals surface area contributed by atoms with Crippen molar-refractivity contribution in [2.24, 2.45) is 0 Å². The van der Waals surface area contributed by atoms with Crippen LogP contribution in [-0.4, -0.2) is 22.1 Å². The Bertz CT molecular complexity index is 778. The summed E-state index contributed by atoms with van der Waals surface area (Å²) in [5.41, 5.74) is 2.03. The molecule has 0 fully saturated rings. The van der Waals surface area contributed by atoms with Gasteiger partial charge in [0, 0.05) is 17.5 Å². The number of benzene rings is 1. The summed E-state index contributed by atoms with van der Waals surface area (Å²) in [6.45, 7) is 4.99. The summed E-state index contributed by atoms with van der Waals surface area (Å²) in [4.78, 5) is 15.9. The van der Waals surface area contributed by atoms with Crippen molar-refractivity contribution in [2.45, 2.75) is 39.7 Å². The Kier molecular flexibility index (Phi) is 8.16. The highest BCUT2D eigenvalue weighted by Gasteiger charge is 2.10. The van der Waals surface area contributed by atoms with Crippen LogP contribution in [-0.2, 0) is 22.5 Å². The molecule has 5 heteroatoms. The number of hydrogen-bond donors (Lipinski definition) is 0. The molecule has 1 heterocycles. The van der Waals surface area contributed by atoms with E-state index in [1.54, 1.807) is 13.0 Å². The maximum Gasteiger partial charge on any atom is 0.330 e. The first-order chi connectivity index (χ1) is 12.7. The summed E-state index contributed by atoms with van der Waals surface area (Å²) in [6, 6.07) is 7.84. The van der Waals surface area contributed by atoms with Gasteiger partial charge in [0.2, 0.25) is 0 Å². The second-order valence-corrected chi connectivity index (χ2v) is 6.26. The summed E-state index contributed by atoms with van der Waals surface area (Å²) < 4.78 is 7.04. The van der Waals surface area contributed by atoms with Gasteiger partial charge in [-0.3, -0.25) is 0 Å². The van der Waals surface area contributed by atoms with Gasteiger partial charge in [0.05, 0.1) is 25.0 Å². The van der Waals surface area contributed by atoms with Crippen molar-refractivity contribution in [2.75, 3.05) is 6.61 Å². The maximum atomic E-state index is 11.3. The van der Waals surface area contributed by atoms with E-state index < -0.39 is 0 Å². The Balaban J connectivity index is 2.21. The molecule has 2 rings (SSSR count). The van der Waals surface area contributed by atoms with Crippen molar-refractivity contribution >= 4 is 23.6 Å². The van der Waals surface area contributed by atoms with Crippen LogP contribution in [0, 0.1) is 0 Å². The molecule has 2 aromatic rings. The number of halogens is 1. The van der Waals surface area contributed by atoms with E-state index in [-0.39, 0.29) is 5.97 Å². The van der Waals surface area contributed by atoms with Crippen LogP contribution in [0.2, 0.25) is 5.02 Å². The lowest BCUT2D eigenvalue weighted by atomic mass is 10.2. The van der Waals surface area contributed by atoms with E-state index >= 15 is 0 Å². The molecular weight excluding hydrogens is 348 g/mol. The normalized spacial score (nSPS) is 11.5. The molecule has 0 radical (unpaired) electrons. The van der Waals surface area contributed by atoms with Gasteiger partial charge in [0.15, 0.2) is 0 Å². The summed E-state index contributed by atoms with van der Waals surface area (Å²) in [6.07, 6.45) is 11.8. The highest BCUT2D eigenvalue weighted by Crippen LogP contribution is 2.19. The van der Waals surface area contributed by atoms with Crippen LogP contribution in [0.1, 0.15) is 43.8 Å². The molecule has 0 amide bonds. The summed E-state index contributed by atoms with van der Waals surface area (Å²) in [5, 5.41) is 0.750. The first-order valence-corrected chi connectivity index (χ1v) is 9.32. The summed E-state index contributed by atoms with van der Waals surface area (Å²) in [7, 11) is 0. The zero-order chi connectivity index (χ0) is 18.8. The second kappa shape index (κ2) is 10.6. The predicted molar refractivity (Wildman–Crippen MR) is 106 cm³/mol. The van der Waals surface area contributed by atoms with Gasteiger partial charge < -0.3 is 9.30 Å². The number of unbranched alkanes of at least 4 members (excludes halogenated alkanes) is 1. The lowest BCUT2D eigenvalue weighted by Crippen LogP contribution is -2.07. The molecule has 0 N–H and O–H groups in total. The molecule has 138 valence electrons. The number of hydrogen-bond acceptors (Lipinski definition) is 3. The number of allylic oxidation sites excluding steroid dienone is 2. The maximum absolute atomic E-state index is 11.3. The highest BCUT2D eigenvalue weighted by atomic mass is 35.5. The molecule has 0 spiro atoms. The minimum atomic E-state index is -0.342. The molecule has 0 aliphatic rings. The minimum Gasteiger partial charge on any atom is -0.463 e. The van der Waals surface area contributed by atoms with E-state index in [1.165, 1.54) is 6.08 Å². The molecule has 0 aliphatic heterocycles. The molecule has 26 heavy (non-hydrogen) atoms. The van der Waals surface area contributed by atoms with Gasteiger partial charge in [0.25, 0.3) is 0 Å². The second-order valence-electron chi connectivity index (χ2n) is 5.85. The van der Waals surface area contributed by atoms with E-state index in [4.69, 9.17) is 16.3 Å². The molecule has 4 nitrogen and oxygen atoms in total. The Hall–Kier alpha value is -2.33. The van der Waals surface area contributed by atoms with Crippen molar-refractivity contribution < 1.29 is 9.53 Å². The molecular formula is C21H25ClN2O2. The highest BCUT2D eigenvalue weighted by molar-refractivity contribution is 6.31. The van der Waals surface area contributed by atoms with Gasteiger partial charge in [-0.1, -0.05) is 55.3 Å². The number of ether oxygens (including phenoxy) is 1. The topological polar surface area (TPSA) is 44.1 Å². The average Bonchev–Trinajstić information content (AvgIpc) is 3.01. The molecule has 0 bridgehead atoms. The number of aromatic nitrogens is 2. The fraction of sp³-hybridized carbons (Fsp3) is 0.333. The zero-order valence-electron chi connectivity index (χ0n) is 15.3. The summed E-state index contributed by atoms with van der Waals surface area (Å²) >= 11 is 6.33. The Morgan fingerprint density at radius 2 is 2.08 bits per heavy atom. The van der Waals surface area contributed by atoms with Crippen LogP contribution < -0.4 is 0 Å². The van der Waals surface area contributed by atoms with Gasteiger partial charge in [-0.15, -0.1) is 0 Å². The van der Waals surface area contributed by atoms with Crippen LogP contribution in [0.25, 0.3) is 6.08 Å². The van der Waals surface area contributed by atoms with Crippen LogP contribution in [0.4, 0.5) is 0 Å². The van der Waals surface area contributed by atoms with E-state index in [9.17, 15) is 4.79 Å². The Labute approximate surface area is 160 Å². The number of rotatable bonds is 9. The molecule has 0 saturated carbocycles. The van der Waals surface area contributed by atoms with Gasteiger partial charge in [-0.25, -0.2) is 9.78 Å². The SMILES string of the molecule is CCCCc1ncc(/C=C/C=C/C(=O)OCC)n1Cc1ccccc1Cl. The largest absolute Gasteiger partial charge is 0.463 e. The van der Waals surface area contributed by atoms with E-state index in [0.717, 1.165) is 41.4 Å². The van der Waals surface area contributed by atoms with Gasteiger partial charge in [-0.2, -0.15) is 0 Å². The predicted octanol–water partition coefficient (Wildman–Crippen LogP) is 5.06. The minimum absolute atomic E-state index is 0.342. The molecule has 0 atom stereocenters. The van der Waals surface area contributed by atoms with Crippen LogP contribution >= 0.6 is 11.6 Å². The number of esters is 1. The van der Waals surface area contributed by atoms with Crippen molar-refractivity contribution in [1.29, 1.82) is 0 Å². The van der Waals surface area contributed by atoms with Crippen LogP contribution in [0.15, 0.2) is 48.7 Å². The van der Waals surface area contributed by atoms with Gasteiger partial charge in [-0.05, 0) is 31.1 Å². The molecule has 1 aromatic carbocycles. The third kappa shape index (κ3) is 5.88. The third-order valence-corrected chi connectivity index (χ3v) is 4.28. The smallest absolute Gasteiger partial charge is 0.330 e. The van der Waals surface area contributed by atoms with Crippen molar-refractivity contribution in [1.82, 2.24) is 9.55 Å². The number of aryl methyl sites for hydroxylation is 1. The number of carbonyl (C=O) groups excluding carboxylic acids is 1. The molecule has 0 unspecified atom stereocenters. The van der Waals surface area contributed by atoms with Crippen LogP contribution in [0.5, 0.6) is 0 Å². The number of nitrogens with zero attached hydrogens (tertiary/aromatic N) is 2. The van der Waals surface area contributed by atoms with Crippen molar-refractivity contribution in [3.8, 4) is 0 Å². The molecule has 0 saturated heterocycles. The zero-order valence-corrected chi connectivity index (χ0v) is 16.1. The van der Waals surface area contributed by atoms with E-state index in [0.29, 0.717) is 13.2 Å². The third-order valence-electron chi connectivity index (χ3n) is 3.91. The lowest BCUT2D eigenvalue weighted by Gasteiger charge is -2.11. The number of imidazole rings is 1. The van der Waals surface area contributed by atoms with Crippen molar-refractivity contribution in [3.63, 3.8) is 0 Å². The van der Waals surface area contributed by atoms with Gasteiger partial charge >= 0.3 is 5.97 Å². The Morgan fingerprint density at radius 1 is 1.27 bits per heavy atom. The van der Waals surface area contributed by atoms with E-state index in [1.807, 2.05) is 42.6 Å². The fourth-order valence-corrected chi connectivity index (χ4v) is 2.75. The first-order valence-electron chi connectivity index (χ1n) is 8.95. The molecule has 0 aliphatic carbocycles. The molecule has 1 aromatic heterocycles. The van der Waals surface area contributed by atoms with Gasteiger partial charge in [0.1, 0.15) is 5.82 Å². The van der Waals surface area contributed by atoms with Crippen molar-refractivity contribution in [3.05, 3.63) is 70.8 Å². The Morgan fingerprint density at radius 3 is 2.81 bits per heavy atom.